The van der Waals surface area contributed by atoms with Crippen LogP contribution in [0.25, 0.3) is 0 Å². The number of nitrogens with one attached hydrogen (secondary N) is 1. The van der Waals surface area contributed by atoms with E-state index in [2.05, 4.69) is 17.9 Å². The lowest BCUT2D eigenvalue weighted by Crippen LogP contribution is -2.52. The van der Waals surface area contributed by atoms with Crippen molar-refractivity contribution in [1.82, 2.24) is 10.2 Å². The van der Waals surface area contributed by atoms with Crippen LogP contribution in [-0.4, -0.2) is 47.0 Å². The molecule has 0 saturated carbocycles. The molecule has 2 atom stereocenters. The first kappa shape index (κ1) is 18.1. The Morgan fingerprint density at radius 3 is 2.79 bits per heavy atom. The van der Waals surface area contributed by atoms with Crippen LogP contribution in [0.3, 0.4) is 0 Å². The van der Waals surface area contributed by atoms with E-state index < -0.39 is 18.2 Å². The number of benzene rings is 1. The SMILES string of the molecule is COc1ccccc1C(=O)N1C=CC=C[C@H]1NC(CCS)C(=O)O. The van der Waals surface area contributed by atoms with E-state index in [1.165, 1.54) is 12.0 Å². The highest BCUT2D eigenvalue weighted by Crippen LogP contribution is 2.21. The van der Waals surface area contributed by atoms with Gasteiger partial charge in [-0.05, 0) is 36.5 Å². The van der Waals surface area contributed by atoms with Gasteiger partial charge in [-0.1, -0.05) is 18.2 Å². The van der Waals surface area contributed by atoms with Crippen molar-refractivity contribution in [2.24, 2.45) is 0 Å². The summed E-state index contributed by atoms with van der Waals surface area (Å²) in [7, 11) is 1.50. The zero-order valence-corrected chi connectivity index (χ0v) is 14.1. The van der Waals surface area contributed by atoms with Crippen LogP contribution in [0, 0.1) is 0 Å². The molecule has 0 bridgehead atoms. The van der Waals surface area contributed by atoms with Gasteiger partial charge in [0.25, 0.3) is 5.91 Å². The molecule has 1 heterocycles. The van der Waals surface area contributed by atoms with Crippen molar-refractivity contribution in [1.29, 1.82) is 0 Å². The predicted molar refractivity (Wildman–Crippen MR) is 94.3 cm³/mol. The number of ether oxygens (including phenoxy) is 1. The fourth-order valence-electron chi connectivity index (χ4n) is 2.40. The van der Waals surface area contributed by atoms with Crippen molar-refractivity contribution in [3.63, 3.8) is 0 Å². The Hall–Kier alpha value is -2.25. The number of carboxylic acid groups (broad SMARTS) is 1. The van der Waals surface area contributed by atoms with Crippen molar-refractivity contribution in [3.05, 3.63) is 54.3 Å². The van der Waals surface area contributed by atoms with E-state index in [9.17, 15) is 14.7 Å². The van der Waals surface area contributed by atoms with Crippen molar-refractivity contribution < 1.29 is 19.4 Å². The van der Waals surface area contributed by atoms with E-state index in [1.807, 2.05) is 0 Å². The van der Waals surface area contributed by atoms with Gasteiger partial charge in [0.05, 0.1) is 12.7 Å². The topological polar surface area (TPSA) is 78.9 Å². The van der Waals surface area contributed by atoms with Crippen molar-refractivity contribution >= 4 is 24.5 Å². The summed E-state index contributed by atoms with van der Waals surface area (Å²) in [6.07, 6.45) is 6.63. The Labute approximate surface area is 146 Å². The molecule has 1 aromatic rings. The summed E-state index contributed by atoms with van der Waals surface area (Å²) in [5.41, 5.74) is 0.410. The van der Waals surface area contributed by atoms with E-state index in [4.69, 9.17) is 4.74 Å². The summed E-state index contributed by atoms with van der Waals surface area (Å²) in [5, 5.41) is 12.3. The normalized spacial score (nSPS) is 17.6. The molecule has 7 heteroatoms. The third kappa shape index (κ3) is 4.18. The van der Waals surface area contributed by atoms with Crippen LogP contribution >= 0.6 is 12.6 Å². The summed E-state index contributed by atoms with van der Waals surface area (Å²) in [6, 6.07) is 6.12. The summed E-state index contributed by atoms with van der Waals surface area (Å²) in [5.74, 6) is -0.358. The van der Waals surface area contributed by atoms with Crippen LogP contribution in [0.1, 0.15) is 16.8 Å². The lowest BCUT2D eigenvalue weighted by molar-refractivity contribution is -0.139. The quantitative estimate of drug-likeness (QED) is 0.656. The monoisotopic (exact) mass is 348 g/mol. The molecule has 0 saturated heterocycles. The molecular weight excluding hydrogens is 328 g/mol. The predicted octanol–water partition coefficient (Wildman–Crippen LogP) is 1.91. The lowest BCUT2D eigenvalue weighted by Gasteiger charge is -2.31. The molecule has 0 fully saturated rings. The molecular formula is C17H20N2O4S. The molecule has 1 amide bonds. The van der Waals surface area contributed by atoms with Gasteiger partial charge in [-0.3, -0.25) is 19.8 Å². The first-order chi connectivity index (χ1) is 11.6. The van der Waals surface area contributed by atoms with Gasteiger partial charge in [0.1, 0.15) is 18.0 Å². The number of amides is 1. The Morgan fingerprint density at radius 2 is 2.12 bits per heavy atom. The third-order valence-corrected chi connectivity index (χ3v) is 3.87. The van der Waals surface area contributed by atoms with E-state index in [-0.39, 0.29) is 5.91 Å². The van der Waals surface area contributed by atoms with Crippen LogP contribution in [-0.2, 0) is 4.79 Å². The minimum atomic E-state index is -0.975. The van der Waals surface area contributed by atoms with Crippen molar-refractivity contribution in [3.8, 4) is 5.75 Å². The van der Waals surface area contributed by atoms with Crippen LogP contribution in [0.5, 0.6) is 5.75 Å². The molecule has 1 aromatic carbocycles. The number of hydrogen-bond donors (Lipinski definition) is 3. The number of methoxy groups -OCH3 is 1. The highest BCUT2D eigenvalue weighted by Gasteiger charge is 2.28. The highest BCUT2D eigenvalue weighted by atomic mass is 32.1. The number of nitrogens with zero attached hydrogens (tertiary/aromatic N) is 1. The number of thiol groups is 1. The molecule has 0 aromatic heterocycles. The smallest absolute Gasteiger partial charge is 0.320 e. The van der Waals surface area contributed by atoms with Gasteiger partial charge in [-0.25, -0.2) is 0 Å². The van der Waals surface area contributed by atoms with Gasteiger partial charge in [-0.15, -0.1) is 0 Å². The van der Waals surface area contributed by atoms with Crippen LogP contribution in [0.4, 0.5) is 0 Å². The standard InChI is InChI=1S/C17H20N2O4S/c1-23-14-7-3-2-6-12(14)16(20)19-10-5-4-8-15(19)18-13(9-11-24)17(21)22/h2-8,10,13,15,18,24H,9,11H2,1H3,(H,21,22)/t13?,15-/m0/s1. The number of allylic oxidation sites excluding steroid dienone is 2. The second-order valence-corrected chi connectivity index (χ2v) is 5.60. The number of hydrogen-bond acceptors (Lipinski definition) is 5. The van der Waals surface area contributed by atoms with Gasteiger partial charge < -0.3 is 9.84 Å². The first-order valence-electron chi connectivity index (χ1n) is 7.49. The summed E-state index contributed by atoms with van der Waals surface area (Å²) in [6.45, 7) is 0. The zero-order chi connectivity index (χ0) is 17.5. The van der Waals surface area contributed by atoms with Gasteiger partial charge in [0.2, 0.25) is 0 Å². The average Bonchev–Trinajstić information content (AvgIpc) is 2.61. The number of para-hydroxylation sites is 1. The number of carbonyl (C=O) groups is 2. The lowest BCUT2D eigenvalue weighted by atomic mass is 10.1. The van der Waals surface area contributed by atoms with E-state index in [0.717, 1.165) is 0 Å². The van der Waals surface area contributed by atoms with E-state index in [0.29, 0.717) is 23.5 Å². The highest BCUT2D eigenvalue weighted by molar-refractivity contribution is 7.80. The molecule has 2 N–H and O–H groups in total. The number of rotatable bonds is 7. The molecule has 128 valence electrons. The maximum atomic E-state index is 12.9. The molecule has 0 aliphatic carbocycles. The summed E-state index contributed by atoms with van der Waals surface area (Å²) in [4.78, 5) is 25.7. The molecule has 1 aliphatic rings. The molecule has 1 aliphatic heterocycles. The third-order valence-electron chi connectivity index (χ3n) is 3.61. The van der Waals surface area contributed by atoms with E-state index in [1.54, 1.807) is 48.7 Å². The Balaban J connectivity index is 2.23. The molecule has 0 radical (unpaired) electrons. The summed E-state index contributed by atoms with van der Waals surface area (Å²) < 4.78 is 5.24. The first-order valence-corrected chi connectivity index (χ1v) is 8.12. The molecule has 24 heavy (non-hydrogen) atoms. The second-order valence-electron chi connectivity index (χ2n) is 5.15. The van der Waals surface area contributed by atoms with E-state index >= 15 is 0 Å². The van der Waals surface area contributed by atoms with Gasteiger partial charge in [0, 0.05) is 6.20 Å². The second kappa shape index (κ2) is 8.56. The maximum absolute atomic E-state index is 12.9. The molecule has 0 spiro atoms. The van der Waals surface area contributed by atoms with Gasteiger partial charge in [-0.2, -0.15) is 12.6 Å². The number of aliphatic carboxylic acids is 1. The average molecular weight is 348 g/mol. The van der Waals surface area contributed by atoms with Crippen LogP contribution < -0.4 is 10.1 Å². The Kier molecular flexibility index (Phi) is 6.45. The molecule has 6 nitrogen and oxygen atoms in total. The Morgan fingerprint density at radius 1 is 1.38 bits per heavy atom. The minimum absolute atomic E-state index is 0.277. The van der Waals surface area contributed by atoms with Crippen LogP contribution in [0.15, 0.2) is 48.7 Å². The number of carboxylic acids is 1. The minimum Gasteiger partial charge on any atom is -0.496 e. The fourth-order valence-corrected chi connectivity index (χ4v) is 2.66. The van der Waals surface area contributed by atoms with Crippen LogP contribution in [0.2, 0.25) is 0 Å². The van der Waals surface area contributed by atoms with Crippen molar-refractivity contribution in [2.75, 3.05) is 12.9 Å². The molecule has 1 unspecified atom stereocenters. The zero-order valence-electron chi connectivity index (χ0n) is 13.3. The Bertz CT molecular complexity index is 660. The van der Waals surface area contributed by atoms with Crippen molar-refractivity contribution in [2.45, 2.75) is 18.6 Å². The fraction of sp³-hybridized carbons (Fsp3) is 0.294. The molecule has 2 rings (SSSR count). The summed E-state index contributed by atoms with van der Waals surface area (Å²) >= 11 is 4.09. The van der Waals surface area contributed by atoms with Gasteiger partial charge >= 0.3 is 5.97 Å². The largest absolute Gasteiger partial charge is 0.496 e. The number of carbonyl (C=O) groups excluding carboxylic acids is 1. The maximum Gasteiger partial charge on any atom is 0.320 e. The van der Waals surface area contributed by atoms with Gasteiger partial charge in [0.15, 0.2) is 0 Å².